The van der Waals surface area contributed by atoms with E-state index in [1.54, 1.807) is 0 Å². The van der Waals surface area contributed by atoms with Gasteiger partial charge in [-0.1, -0.05) is 19.1 Å². The molecule has 0 fully saturated rings. The fraction of sp³-hybridized carbons (Fsp3) is 0.750. The smallest absolute Gasteiger partial charge is 0.0105 e. The Morgan fingerprint density at radius 2 is 2.00 bits per heavy atom. The maximum atomic E-state index is 4.70. The Morgan fingerprint density at radius 1 is 1.80 bits per heavy atom. The van der Waals surface area contributed by atoms with Crippen molar-refractivity contribution in [3.8, 4) is 0 Å². The topological polar surface area (TPSA) is 0 Å². The molecule has 0 nitrogen and oxygen atoms in total. The normalized spacial score (nSPS) is 7.60. The van der Waals surface area contributed by atoms with Crippen molar-refractivity contribution in [1.82, 2.24) is 0 Å². The second kappa shape index (κ2) is 2.33. The Kier molecular flexibility index (Phi) is 2.38. The van der Waals surface area contributed by atoms with Crippen LogP contribution in [-0.2, 0) is 0 Å². The van der Waals surface area contributed by atoms with Gasteiger partial charge in [0.25, 0.3) is 0 Å². The molecular weight excluding hydrogens is 80.1 g/mol. The van der Waals surface area contributed by atoms with Gasteiger partial charge in [-0.15, -0.1) is 0 Å². The maximum absolute atomic E-state index is 4.70. The molecule has 0 spiro atoms. The van der Waals surface area contributed by atoms with E-state index in [0.29, 0.717) is 0 Å². The van der Waals surface area contributed by atoms with Crippen LogP contribution in [0.5, 0.6) is 0 Å². The Balaban J connectivity index is 2.85. The molecule has 0 bridgehead atoms. The standard InChI is InChI=1S/C4H8S/c1-3-4(2)5/h3H2,1-2H3. The molecule has 30 valence electrons. The zero-order valence-corrected chi connectivity index (χ0v) is 4.43. The van der Waals surface area contributed by atoms with Gasteiger partial charge in [0.2, 0.25) is 0 Å². The third kappa shape index (κ3) is 4.09. The molecule has 0 radical (unpaired) electrons. The minimum absolute atomic E-state index is 1.04. The third-order valence-corrected chi connectivity index (χ3v) is 0.787. The largest absolute Gasteiger partial charge is 0.0900 e. The van der Waals surface area contributed by atoms with Crippen molar-refractivity contribution in [3.63, 3.8) is 0 Å². The molecule has 0 N–H and O–H groups in total. The summed E-state index contributed by atoms with van der Waals surface area (Å²) >= 11 is 4.70. The zero-order chi connectivity index (χ0) is 4.28. The fourth-order valence-corrected chi connectivity index (χ4v) is 0. The summed E-state index contributed by atoms with van der Waals surface area (Å²) in [5.41, 5.74) is 0. The first kappa shape index (κ1) is 5.09. The predicted molar refractivity (Wildman–Crippen MR) is 28.6 cm³/mol. The second-order valence-electron chi connectivity index (χ2n) is 1.06. The highest BCUT2D eigenvalue weighted by Crippen LogP contribution is 1.77. The van der Waals surface area contributed by atoms with E-state index in [-0.39, 0.29) is 0 Å². The SMILES string of the molecule is CCC(C)=S. The maximum Gasteiger partial charge on any atom is -0.0105 e. The van der Waals surface area contributed by atoms with Gasteiger partial charge in [-0.3, -0.25) is 0 Å². The van der Waals surface area contributed by atoms with Crippen molar-refractivity contribution in [3.05, 3.63) is 0 Å². The van der Waals surface area contributed by atoms with Crippen LogP contribution in [0.4, 0.5) is 0 Å². The average molecular weight is 88.2 g/mol. The van der Waals surface area contributed by atoms with Gasteiger partial charge < -0.3 is 0 Å². The van der Waals surface area contributed by atoms with Crippen LogP contribution >= 0.6 is 12.2 Å². The number of rotatable bonds is 1. The first-order valence-corrected chi connectivity index (χ1v) is 2.17. The molecule has 0 aromatic carbocycles. The summed E-state index contributed by atoms with van der Waals surface area (Å²) in [5, 5.41) is 0. The molecular formula is C4H8S. The van der Waals surface area contributed by atoms with Gasteiger partial charge in [0.15, 0.2) is 0 Å². The summed E-state index contributed by atoms with van der Waals surface area (Å²) in [4.78, 5) is 1.09. The zero-order valence-electron chi connectivity index (χ0n) is 3.62. The van der Waals surface area contributed by atoms with Gasteiger partial charge in [0, 0.05) is 0 Å². The Bertz CT molecular complexity index is 38.9. The molecule has 0 unspecified atom stereocenters. The van der Waals surface area contributed by atoms with E-state index in [0.717, 1.165) is 11.3 Å². The van der Waals surface area contributed by atoms with Gasteiger partial charge in [0.05, 0.1) is 0 Å². The number of hydrogen-bond donors (Lipinski definition) is 0. The minimum Gasteiger partial charge on any atom is -0.0900 e. The van der Waals surface area contributed by atoms with Crippen LogP contribution in [0, 0.1) is 0 Å². The summed E-state index contributed by atoms with van der Waals surface area (Å²) in [6.07, 6.45) is 1.04. The van der Waals surface area contributed by atoms with Gasteiger partial charge in [0.1, 0.15) is 0 Å². The summed E-state index contributed by atoms with van der Waals surface area (Å²) in [5.74, 6) is 0. The molecule has 0 aliphatic heterocycles. The Morgan fingerprint density at radius 3 is 2.00 bits per heavy atom. The van der Waals surface area contributed by atoms with Crippen molar-refractivity contribution in [2.75, 3.05) is 0 Å². The summed E-state index contributed by atoms with van der Waals surface area (Å²) in [6, 6.07) is 0. The van der Waals surface area contributed by atoms with Gasteiger partial charge in [-0.05, 0) is 18.2 Å². The second-order valence-corrected chi connectivity index (χ2v) is 1.75. The van der Waals surface area contributed by atoms with Crippen LogP contribution < -0.4 is 0 Å². The van der Waals surface area contributed by atoms with Crippen LogP contribution in [-0.4, -0.2) is 4.86 Å². The quantitative estimate of drug-likeness (QED) is 0.440. The summed E-state index contributed by atoms with van der Waals surface area (Å²) in [7, 11) is 0. The van der Waals surface area contributed by atoms with Crippen LogP contribution in [0.3, 0.4) is 0 Å². The average Bonchev–Trinajstić information content (AvgIpc) is 1.38. The first-order valence-electron chi connectivity index (χ1n) is 1.76. The highest BCUT2D eigenvalue weighted by Gasteiger charge is 1.71. The molecule has 0 rings (SSSR count). The summed E-state index contributed by atoms with van der Waals surface area (Å²) < 4.78 is 0. The lowest BCUT2D eigenvalue weighted by Crippen LogP contribution is -1.75. The first-order chi connectivity index (χ1) is 2.27. The van der Waals surface area contributed by atoms with E-state index in [1.165, 1.54) is 0 Å². The number of hydrogen-bond acceptors (Lipinski definition) is 1. The molecule has 0 aliphatic rings. The van der Waals surface area contributed by atoms with E-state index < -0.39 is 0 Å². The van der Waals surface area contributed by atoms with Crippen molar-refractivity contribution in [1.29, 1.82) is 0 Å². The van der Waals surface area contributed by atoms with Crippen LogP contribution in [0.2, 0.25) is 0 Å². The number of thiocarbonyl (C=S) groups is 1. The molecule has 0 atom stereocenters. The molecule has 1 heteroatoms. The van der Waals surface area contributed by atoms with Crippen LogP contribution in [0.1, 0.15) is 20.3 Å². The van der Waals surface area contributed by atoms with E-state index in [4.69, 9.17) is 12.2 Å². The molecule has 0 amide bonds. The predicted octanol–water partition coefficient (Wildman–Crippen LogP) is 1.79. The highest BCUT2D eigenvalue weighted by atomic mass is 32.1. The van der Waals surface area contributed by atoms with E-state index in [9.17, 15) is 0 Å². The van der Waals surface area contributed by atoms with Crippen molar-refractivity contribution in [2.45, 2.75) is 20.3 Å². The van der Waals surface area contributed by atoms with Crippen LogP contribution in [0.15, 0.2) is 0 Å². The lowest BCUT2D eigenvalue weighted by Gasteiger charge is -1.76. The highest BCUT2D eigenvalue weighted by molar-refractivity contribution is 7.80. The van der Waals surface area contributed by atoms with Gasteiger partial charge in [-0.25, -0.2) is 0 Å². The van der Waals surface area contributed by atoms with E-state index in [1.807, 2.05) is 6.92 Å². The monoisotopic (exact) mass is 88.0 g/mol. The molecule has 0 heterocycles. The summed E-state index contributed by atoms with van der Waals surface area (Å²) in [6.45, 7) is 4.01. The molecule has 0 saturated carbocycles. The molecule has 0 aromatic heterocycles. The van der Waals surface area contributed by atoms with Gasteiger partial charge >= 0.3 is 0 Å². The van der Waals surface area contributed by atoms with Crippen molar-refractivity contribution >= 4 is 17.1 Å². The minimum atomic E-state index is 1.04. The lowest BCUT2D eigenvalue weighted by atomic mass is 10.4. The van der Waals surface area contributed by atoms with Crippen molar-refractivity contribution in [2.24, 2.45) is 0 Å². The van der Waals surface area contributed by atoms with E-state index in [2.05, 4.69) is 6.92 Å². The molecule has 5 heavy (non-hydrogen) atoms. The van der Waals surface area contributed by atoms with Crippen molar-refractivity contribution < 1.29 is 0 Å². The molecule has 0 saturated heterocycles. The molecule has 0 aliphatic carbocycles. The van der Waals surface area contributed by atoms with Gasteiger partial charge in [-0.2, -0.15) is 0 Å². The third-order valence-electron chi connectivity index (χ3n) is 0.498. The van der Waals surface area contributed by atoms with E-state index >= 15 is 0 Å². The lowest BCUT2D eigenvalue weighted by molar-refractivity contribution is 1.31. The fourth-order valence-electron chi connectivity index (χ4n) is 0. The Labute approximate surface area is 38.2 Å². The Hall–Kier alpha value is 0.0900. The van der Waals surface area contributed by atoms with Crippen LogP contribution in [0.25, 0.3) is 0 Å². The molecule has 0 aromatic rings.